The van der Waals surface area contributed by atoms with Gasteiger partial charge in [-0.15, -0.1) is 0 Å². The van der Waals surface area contributed by atoms with Gasteiger partial charge in [0.2, 0.25) is 0 Å². The summed E-state index contributed by atoms with van der Waals surface area (Å²) in [5.41, 5.74) is 1.34. The van der Waals surface area contributed by atoms with Crippen LogP contribution in [0.4, 0.5) is 20.3 Å². The summed E-state index contributed by atoms with van der Waals surface area (Å²) in [5, 5.41) is 0.740. The summed E-state index contributed by atoms with van der Waals surface area (Å²) in [6, 6.07) is 7.96. The Balaban J connectivity index is 1.56. The molecule has 1 aromatic heterocycles. The highest BCUT2D eigenvalue weighted by atomic mass is 19.1. The monoisotopic (exact) mass is 386 g/mol. The lowest BCUT2D eigenvalue weighted by Crippen LogP contribution is -2.47. The highest BCUT2D eigenvalue weighted by molar-refractivity contribution is 5.90. The van der Waals surface area contributed by atoms with Crippen LogP contribution in [0, 0.1) is 11.6 Å². The molecule has 0 N–H and O–H groups in total. The van der Waals surface area contributed by atoms with Gasteiger partial charge in [-0.3, -0.25) is 0 Å². The topological polar surface area (TPSA) is 50.7 Å². The molecule has 2 aromatic carbocycles. The summed E-state index contributed by atoms with van der Waals surface area (Å²) in [5.74, 6) is 0.306. The third kappa shape index (κ3) is 3.26. The average Bonchev–Trinajstić information content (AvgIpc) is 2.73. The quantitative estimate of drug-likeness (QED) is 0.686. The number of halogens is 2. The number of piperazine rings is 1. The summed E-state index contributed by atoms with van der Waals surface area (Å²) in [4.78, 5) is 12.8. The lowest BCUT2D eigenvalue weighted by Gasteiger charge is -2.37. The van der Waals surface area contributed by atoms with E-state index < -0.39 is 5.82 Å². The first kappa shape index (κ1) is 18.2. The molecule has 6 nitrogen and oxygen atoms in total. The van der Waals surface area contributed by atoms with Crippen LogP contribution in [-0.4, -0.2) is 50.4 Å². The Labute approximate surface area is 161 Å². The van der Waals surface area contributed by atoms with Crippen LogP contribution >= 0.6 is 0 Å². The van der Waals surface area contributed by atoms with Gasteiger partial charge in [0.15, 0.2) is 23.1 Å². The summed E-state index contributed by atoms with van der Waals surface area (Å²) in [7, 11) is 2.88. The van der Waals surface area contributed by atoms with Crippen molar-refractivity contribution in [2.45, 2.75) is 0 Å². The zero-order valence-electron chi connectivity index (χ0n) is 15.7. The van der Waals surface area contributed by atoms with Crippen LogP contribution in [0.5, 0.6) is 11.5 Å². The summed E-state index contributed by atoms with van der Waals surface area (Å²) in [6.07, 6.45) is 1.44. The minimum atomic E-state index is -0.453. The van der Waals surface area contributed by atoms with Crippen LogP contribution in [0.25, 0.3) is 10.9 Å². The van der Waals surface area contributed by atoms with Gasteiger partial charge in [-0.25, -0.2) is 18.7 Å². The fraction of sp³-hybridized carbons (Fsp3) is 0.300. The molecule has 0 aliphatic carbocycles. The third-order valence-corrected chi connectivity index (χ3v) is 4.97. The minimum absolute atomic E-state index is 0.163. The van der Waals surface area contributed by atoms with E-state index in [2.05, 4.69) is 19.8 Å². The van der Waals surface area contributed by atoms with E-state index >= 15 is 0 Å². The second-order valence-electron chi connectivity index (χ2n) is 6.49. The van der Waals surface area contributed by atoms with Crippen molar-refractivity contribution in [1.29, 1.82) is 0 Å². The molecule has 0 bridgehead atoms. The van der Waals surface area contributed by atoms with Crippen LogP contribution in [0.1, 0.15) is 0 Å². The summed E-state index contributed by atoms with van der Waals surface area (Å²) < 4.78 is 38.1. The number of anilines is 2. The second kappa shape index (κ2) is 7.46. The molecule has 1 fully saturated rings. The van der Waals surface area contributed by atoms with Crippen LogP contribution in [0.2, 0.25) is 0 Å². The van der Waals surface area contributed by atoms with Gasteiger partial charge in [0.25, 0.3) is 0 Å². The number of rotatable bonds is 4. The molecule has 28 heavy (non-hydrogen) atoms. The maximum absolute atomic E-state index is 14.0. The van der Waals surface area contributed by atoms with Gasteiger partial charge in [0.1, 0.15) is 12.1 Å². The summed E-state index contributed by atoms with van der Waals surface area (Å²) >= 11 is 0. The number of hydrogen-bond acceptors (Lipinski definition) is 6. The second-order valence-corrected chi connectivity index (χ2v) is 6.49. The Kier molecular flexibility index (Phi) is 4.85. The first-order valence-corrected chi connectivity index (χ1v) is 8.92. The standard InChI is InChI=1S/C20H20F2N4O2/c1-27-18-4-3-13(9-15(18)21)25-5-7-26(8-6-25)20-14-10-19(28-2)16(22)11-17(14)23-12-24-20/h3-4,9-12H,5-8H2,1-2H3. The van der Waals surface area contributed by atoms with E-state index in [1.54, 1.807) is 12.1 Å². The minimum Gasteiger partial charge on any atom is -0.494 e. The molecule has 4 rings (SSSR count). The molecule has 8 heteroatoms. The molecule has 0 spiro atoms. The first-order chi connectivity index (χ1) is 13.6. The maximum Gasteiger partial charge on any atom is 0.167 e. The van der Waals surface area contributed by atoms with Crippen molar-refractivity contribution in [2.24, 2.45) is 0 Å². The van der Waals surface area contributed by atoms with Crippen molar-refractivity contribution < 1.29 is 18.3 Å². The predicted molar refractivity (Wildman–Crippen MR) is 103 cm³/mol. The molecule has 146 valence electrons. The Morgan fingerprint density at radius 2 is 1.50 bits per heavy atom. The van der Waals surface area contributed by atoms with E-state index in [0.717, 1.165) is 16.9 Å². The van der Waals surface area contributed by atoms with Crippen molar-refractivity contribution >= 4 is 22.4 Å². The van der Waals surface area contributed by atoms with Gasteiger partial charge in [-0.2, -0.15) is 0 Å². The van der Waals surface area contributed by atoms with E-state index in [0.29, 0.717) is 31.7 Å². The van der Waals surface area contributed by atoms with Gasteiger partial charge in [0, 0.05) is 49.4 Å². The van der Waals surface area contributed by atoms with Gasteiger partial charge in [-0.1, -0.05) is 0 Å². The van der Waals surface area contributed by atoms with Crippen molar-refractivity contribution in [3.63, 3.8) is 0 Å². The SMILES string of the molecule is COc1ccc(N2CCN(c3ncnc4cc(F)c(OC)cc34)CC2)cc1F. The Morgan fingerprint density at radius 3 is 2.18 bits per heavy atom. The molecule has 0 amide bonds. The van der Waals surface area contributed by atoms with E-state index in [-0.39, 0.29) is 17.3 Å². The summed E-state index contributed by atoms with van der Waals surface area (Å²) in [6.45, 7) is 2.80. The van der Waals surface area contributed by atoms with Crippen molar-refractivity contribution in [2.75, 3.05) is 50.2 Å². The molecule has 1 aliphatic heterocycles. The van der Waals surface area contributed by atoms with Crippen LogP contribution in [0.3, 0.4) is 0 Å². The van der Waals surface area contributed by atoms with E-state index in [4.69, 9.17) is 9.47 Å². The molecule has 3 aromatic rings. The fourth-order valence-corrected chi connectivity index (χ4v) is 3.48. The number of nitrogens with zero attached hydrogens (tertiary/aromatic N) is 4. The van der Waals surface area contributed by atoms with E-state index in [1.165, 1.54) is 32.7 Å². The number of aromatic nitrogens is 2. The lowest BCUT2D eigenvalue weighted by atomic mass is 10.2. The van der Waals surface area contributed by atoms with Gasteiger partial charge in [-0.05, 0) is 18.2 Å². The molecular formula is C20H20F2N4O2. The number of fused-ring (bicyclic) bond motifs is 1. The number of benzene rings is 2. The van der Waals surface area contributed by atoms with Crippen LogP contribution in [0.15, 0.2) is 36.7 Å². The van der Waals surface area contributed by atoms with Crippen molar-refractivity contribution in [3.8, 4) is 11.5 Å². The van der Waals surface area contributed by atoms with Crippen molar-refractivity contribution in [1.82, 2.24) is 9.97 Å². The number of ether oxygens (including phenoxy) is 2. The third-order valence-electron chi connectivity index (χ3n) is 4.97. The van der Waals surface area contributed by atoms with Crippen molar-refractivity contribution in [3.05, 3.63) is 48.3 Å². The largest absolute Gasteiger partial charge is 0.494 e. The van der Waals surface area contributed by atoms with Crippen LogP contribution < -0.4 is 19.3 Å². The number of hydrogen-bond donors (Lipinski definition) is 0. The average molecular weight is 386 g/mol. The van der Waals surface area contributed by atoms with Gasteiger partial charge < -0.3 is 19.3 Å². The predicted octanol–water partition coefficient (Wildman–Crippen LogP) is 3.25. The Hall–Kier alpha value is -3.16. The lowest BCUT2D eigenvalue weighted by molar-refractivity contribution is 0.386. The fourth-order valence-electron chi connectivity index (χ4n) is 3.48. The Bertz CT molecular complexity index is 1010. The zero-order chi connectivity index (χ0) is 19.7. The molecular weight excluding hydrogens is 366 g/mol. The van der Waals surface area contributed by atoms with E-state index in [9.17, 15) is 8.78 Å². The molecule has 0 radical (unpaired) electrons. The molecule has 1 saturated heterocycles. The molecule has 0 unspecified atom stereocenters. The maximum atomic E-state index is 14.0. The number of methoxy groups -OCH3 is 2. The molecule has 0 atom stereocenters. The van der Waals surface area contributed by atoms with Gasteiger partial charge in [0.05, 0.1) is 19.7 Å². The molecule has 2 heterocycles. The van der Waals surface area contributed by atoms with E-state index in [1.807, 2.05) is 6.07 Å². The Morgan fingerprint density at radius 1 is 0.821 bits per heavy atom. The smallest absolute Gasteiger partial charge is 0.167 e. The van der Waals surface area contributed by atoms with Gasteiger partial charge >= 0.3 is 0 Å². The zero-order valence-corrected chi connectivity index (χ0v) is 15.7. The molecule has 0 saturated carbocycles. The van der Waals surface area contributed by atoms with Crippen LogP contribution in [-0.2, 0) is 0 Å². The normalized spacial score (nSPS) is 14.4. The highest BCUT2D eigenvalue weighted by Crippen LogP contribution is 2.30. The molecule has 1 aliphatic rings. The first-order valence-electron chi connectivity index (χ1n) is 8.92. The highest BCUT2D eigenvalue weighted by Gasteiger charge is 2.22.